The zero-order chi connectivity index (χ0) is 41.7. The number of rotatable bonds is 8. The summed E-state index contributed by atoms with van der Waals surface area (Å²) in [4.78, 5) is 0. The molecule has 0 bridgehead atoms. The van der Waals surface area contributed by atoms with Gasteiger partial charge in [-0.15, -0.1) is 0 Å². The molecule has 0 fully saturated rings. The Labute approximate surface area is 368 Å². The van der Waals surface area contributed by atoms with Crippen LogP contribution >= 0.6 is 0 Å². The number of hydrogen-bond donors (Lipinski definition) is 0. The van der Waals surface area contributed by atoms with E-state index >= 15 is 0 Å². The Balaban J connectivity index is 1.11. The molecule has 0 aliphatic heterocycles. The second-order valence-electron chi connectivity index (χ2n) is 16.4. The van der Waals surface area contributed by atoms with Crippen LogP contribution in [0.25, 0.3) is 77.2 Å². The molecule has 2 heterocycles. The Morgan fingerprint density at radius 2 is 0.683 bits per heavy atom. The topological polar surface area (TPSA) is 9.86 Å². The lowest BCUT2D eigenvalue weighted by Crippen LogP contribution is -2.74. The lowest BCUT2D eigenvalue weighted by Gasteiger charge is -2.35. The van der Waals surface area contributed by atoms with Crippen LogP contribution in [0, 0.1) is 0 Å². The van der Waals surface area contributed by atoms with E-state index < -0.39 is 8.07 Å². The monoisotopic (exact) mass is 818 g/mol. The molecule has 63 heavy (non-hydrogen) atoms. The molecule has 296 valence electrons. The summed E-state index contributed by atoms with van der Waals surface area (Å²) in [5, 5.41) is 10.5. The highest BCUT2D eigenvalue weighted by atomic mass is 28.3. The third kappa shape index (κ3) is 5.85. The van der Waals surface area contributed by atoms with Crippen LogP contribution in [0.5, 0.6) is 0 Å². The molecule has 0 unspecified atom stereocenters. The molecule has 0 radical (unpaired) electrons. The van der Waals surface area contributed by atoms with Crippen LogP contribution in [-0.2, 0) is 0 Å². The van der Waals surface area contributed by atoms with Crippen LogP contribution in [0.3, 0.4) is 0 Å². The highest BCUT2D eigenvalue weighted by Crippen LogP contribution is 2.40. The number of benzene rings is 10. The number of fused-ring (bicyclic) bond motifs is 6. The molecule has 12 aromatic rings. The summed E-state index contributed by atoms with van der Waals surface area (Å²) in [6.45, 7) is 0. The van der Waals surface area contributed by atoms with Crippen LogP contribution in [0.1, 0.15) is 0 Å². The molecule has 2 aromatic heterocycles. The summed E-state index contributed by atoms with van der Waals surface area (Å²) < 4.78 is 5.01. The summed E-state index contributed by atoms with van der Waals surface area (Å²) >= 11 is 0. The van der Waals surface area contributed by atoms with Gasteiger partial charge in [-0.2, -0.15) is 0 Å². The highest BCUT2D eigenvalue weighted by molar-refractivity contribution is 7.20. The van der Waals surface area contributed by atoms with Gasteiger partial charge < -0.3 is 9.13 Å². The zero-order valence-corrected chi connectivity index (χ0v) is 35.6. The minimum absolute atomic E-state index is 1.13. The molecular formula is C60H42N2Si. The van der Waals surface area contributed by atoms with Gasteiger partial charge in [-0.3, -0.25) is 0 Å². The number of aromatic nitrogens is 2. The molecular weight excluding hydrogens is 777 g/mol. The van der Waals surface area contributed by atoms with E-state index in [4.69, 9.17) is 0 Å². The Morgan fingerprint density at radius 1 is 0.270 bits per heavy atom. The van der Waals surface area contributed by atoms with Crippen molar-refractivity contribution in [3.05, 3.63) is 255 Å². The highest BCUT2D eigenvalue weighted by Gasteiger charge is 2.43. The fourth-order valence-corrected chi connectivity index (χ4v) is 15.4. The molecule has 0 aliphatic carbocycles. The molecule has 0 spiro atoms. The van der Waals surface area contributed by atoms with Gasteiger partial charge in [0.05, 0.1) is 27.8 Å². The van der Waals surface area contributed by atoms with E-state index in [9.17, 15) is 0 Å². The Kier molecular flexibility index (Phi) is 8.87. The average molecular weight is 819 g/mol. The first-order valence-electron chi connectivity index (χ1n) is 21.8. The third-order valence-electron chi connectivity index (χ3n) is 13.1. The van der Waals surface area contributed by atoms with Gasteiger partial charge in [-0.1, -0.05) is 218 Å². The molecule has 3 heteroatoms. The predicted molar refractivity (Wildman–Crippen MR) is 270 cm³/mol. The quantitative estimate of drug-likeness (QED) is 0.107. The molecule has 2 nitrogen and oxygen atoms in total. The predicted octanol–water partition coefficient (Wildman–Crippen LogP) is 12.6. The molecule has 0 N–H and O–H groups in total. The Hall–Kier alpha value is -7.98. The summed E-state index contributed by atoms with van der Waals surface area (Å²) in [6, 6.07) is 94.2. The van der Waals surface area contributed by atoms with Gasteiger partial charge in [-0.05, 0) is 79.4 Å². The normalized spacial score (nSPS) is 11.8. The maximum absolute atomic E-state index is 2.89. The van der Waals surface area contributed by atoms with E-state index in [1.807, 2.05) is 0 Å². The van der Waals surface area contributed by atoms with E-state index in [0.29, 0.717) is 0 Å². The van der Waals surface area contributed by atoms with Crippen molar-refractivity contribution in [1.29, 1.82) is 0 Å². The lowest BCUT2D eigenvalue weighted by atomic mass is 10.0. The van der Waals surface area contributed by atoms with Gasteiger partial charge >= 0.3 is 0 Å². The molecule has 0 saturated heterocycles. The summed E-state index contributed by atoms with van der Waals surface area (Å²) in [5.41, 5.74) is 11.9. The molecule has 0 aliphatic rings. The number of hydrogen-bond acceptors (Lipinski definition) is 0. The van der Waals surface area contributed by atoms with E-state index in [1.165, 1.54) is 86.6 Å². The van der Waals surface area contributed by atoms with Crippen LogP contribution in [0.2, 0.25) is 0 Å². The van der Waals surface area contributed by atoms with E-state index in [-0.39, 0.29) is 0 Å². The van der Waals surface area contributed by atoms with E-state index in [1.54, 1.807) is 0 Å². The maximum atomic E-state index is 2.54. The SMILES string of the molecule is c1ccc(-c2ccc(-c3ccc(-n4c5ccccc5c5cccc(-n6c7ccccc7c7c([Si](c8ccccc8)(c8ccccc8)c8ccccc8)cccc76)c54)cc3)cc2)cc1. The summed E-state index contributed by atoms with van der Waals surface area (Å²) in [7, 11) is -2.89. The fraction of sp³-hybridized carbons (Fsp3) is 0. The van der Waals surface area contributed by atoms with Gasteiger partial charge in [0.2, 0.25) is 0 Å². The Bertz CT molecular complexity index is 3480. The van der Waals surface area contributed by atoms with Crippen molar-refractivity contribution >= 4 is 72.4 Å². The first-order chi connectivity index (χ1) is 31.3. The second-order valence-corrected chi connectivity index (χ2v) is 20.2. The van der Waals surface area contributed by atoms with Crippen molar-refractivity contribution in [3.8, 4) is 33.6 Å². The van der Waals surface area contributed by atoms with E-state index in [0.717, 1.165) is 11.4 Å². The van der Waals surface area contributed by atoms with Crippen LogP contribution in [0.15, 0.2) is 255 Å². The minimum atomic E-state index is -2.89. The van der Waals surface area contributed by atoms with Crippen molar-refractivity contribution < 1.29 is 0 Å². The molecule has 12 rings (SSSR count). The van der Waals surface area contributed by atoms with Gasteiger partial charge in [0.1, 0.15) is 0 Å². The van der Waals surface area contributed by atoms with Crippen LogP contribution < -0.4 is 20.7 Å². The zero-order valence-electron chi connectivity index (χ0n) is 34.6. The Morgan fingerprint density at radius 3 is 1.25 bits per heavy atom. The largest absolute Gasteiger partial charge is 0.307 e. The van der Waals surface area contributed by atoms with Gasteiger partial charge in [0, 0.05) is 27.2 Å². The van der Waals surface area contributed by atoms with Gasteiger partial charge in [-0.25, -0.2) is 0 Å². The van der Waals surface area contributed by atoms with Crippen molar-refractivity contribution in [2.75, 3.05) is 0 Å². The van der Waals surface area contributed by atoms with Crippen LogP contribution in [-0.4, -0.2) is 17.2 Å². The standard InChI is InChI=1S/C60H42N2Si/c1-5-19-43(20-6-1)44-35-37-45(38-36-44)46-39-41-47(42-40-46)61-54-30-15-13-27-51(54)52-29-17-33-57(60(52)61)62-55-31-16-14-28-53(55)59-56(62)32-18-34-58(59)63(48-21-7-2-8-22-48,49-23-9-3-10-24-49)50-25-11-4-12-26-50/h1-42H. The second kappa shape index (κ2) is 15.2. The van der Waals surface area contributed by atoms with Crippen molar-refractivity contribution in [2.24, 2.45) is 0 Å². The van der Waals surface area contributed by atoms with Crippen molar-refractivity contribution in [1.82, 2.24) is 9.13 Å². The first kappa shape index (κ1) is 36.8. The van der Waals surface area contributed by atoms with Gasteiger partial charge in [0.25, 0.3) is 0 Å². The van der Waals surface area contributed by atoms with E-state index in [2.05, 4.69) is 264 Å². The first-order valence-corrected chi connectivity index (χ1v) is 23.8. The lowest BCUT2D eigenvalue weighted by molar-refractivity contribution is 1.13. The van der Waals surface area contributed by atoms with Gasteiger partial charge in [0.15, 0.2) is 8.07 Å². The fourth-order valence-electron chi connectivity index (χ4n) is 10.4. The molecule has 10 aromatic carbocycles. The number of nitrogens with zero attached hydrogens (tertiary/aromatic N) is 2. The molecule has 0 atom stereocenters. The maximum Gasteiger partial charge on any atom is 0.180 e. The smallest absolute Gasteiger partial charge is 0.180 e. The van der Waals surface area contributed by atoms with Crippen molar-refractivity contribution in [3.63, 3.8) is 0 Å². The van der Waals surface area contributed by atoms with Crippen molar-refractivity contribution in [2.45, 2.75) is 0 Å². The molecule has 0 amide bonds. The third-order valence-corrected chi connectivity index (χ3v) is 17.9. The minimum Gasteiger partial charge on any atom is -0.307 e. The molecule has 0 saturated carbocycles. The number of para-hydroxylation sites is 3. The summed E-state index contributed by atoms with van der Waals surface area (Å²) in [5.74, 6) is 0. The average Bonchev–Trinajstić information content (AvgIpc) is 3.89. The summed E-state index contributed by atoms with van der Waals surface area (Å²) in [6.07, 6.45) is 0. The van der Waals surface area contributed by atoms with Crippen LogP contribution in [0.4, 0.5) is 0 Å².